The fourth-order valence-corrected chi connectivity index (χ4v) is 3.30. The Morgan fingerprint density at radius 3 is 1.65 bits per heavy atom. The molecule has 0 spiro atoms. The molecule has 0 aliphatic heterocycles. The number of nitrogens with zero attached hydrogens (tertiary/aromatic N) is 1. The lowest BCUT2D eigenvalue weighted by atomic mass is 9.88. The van der Waals surface area contributed by atoms with Gasteiger partial charge < -0.3 is 10.0 Å². The van der Waals surface area contributed by atoms with Crippen molar-refractivity contribution in [3.05, 3.63) is 90.0 Å². The highest BCUT2D eigenvalue weighted by Crippen LogP contribution is 2.36. The van der Waals surface area contributed by atoms with Gasteiger partial charge in [0.05, 0.1) is 5.60 Å². The molecular formula is C24H27NO. The third kappa shape index (κ3) is 3.66. The van der Waals surface area contributed by atoms with Crippen LogP contribution in [0.1, 0.15) is 37.8 Å². The first-order valence-corrected chi connectivity index (χ1v) is 9.32. The minimum atomic E-state index is -0.750. The highest BCUT2D eigenvalue weighted by atomic mass is 16.3. The Bertz CT molecular complexity index is 818. The summed E-state index contributed by atoms with van der Waals surface area (Å²) in [5, 5.41) is 10.8. The van der Waals surface area contributed by atoms with Crippen LogP contribution in [0.3, 0.4) is 0 Å². The summed E-state index contributed by atoms with van der Waals surface area (Å²) in [5.41, 5.74) is 4.79. The fourth-order valence-electron chi connectivity index (χ4n) is 3.30. The van der Waals surface area contributed by atoms with Crippen molar-refractivity contribution in [3.63, 3.8) is 0 Å². The molecule has 2 heteroatoms. The number of anilines is 3. The molecule has 26 heavy (non-hydrogen) atoms. The standard InChI is InChI=1S/C24H27NO/c1-4-24(26,5-2)20-13-17-23(18-14-20)25(21-9-7-6-8-10-21)22-15-11-19(3)12-16-22/h6-18,26H,4-5H2,1-3H3. The van der Waals surface area contributed by atoms with Crippen LogP contribution in [0.4, 0.5) is 17.1 Å². The van der Waals surface area contributed by atoms with Crippen LogP contribution in [0.25, 0.3) is 0 Å². The van der Waals surface area contributed by atoms with Crippen LogP contribution in [-0.4, -0.2) is 5.11 Å². The number of aryl methyl sites for hydroxylation is 1. The molecule has 0 bridgehead atoms. The van der Waals surface area contributed by atoms with E-state index in [1.807, 2.05) is 32.0 Å². The van der Waals surface area contributed by atoms with Gasteiger partial charge in [-0.25, -0.2) is 0 Å². The van der Waals surface area contributed by atoms with E-state index in [1.165, 1.54) is 5.56 Å². The topological polar surface area (TPSA) is 23.5 Å². The average molecular weight is 345 g/mol. The molecule has 0 aromatic heterocycles. The number of benzene rings is 3. The van der Waals surface area contributed by atoms with E-state index in [-0.39, 0.29) is 0 Å². The first-order chi connectivity index (χ1) is 12.6. The Morgan fingerprint density at radius 2 is 1.15 bits per heavy atom. The van der Waals surface area contributed by atoms with Gasteiger partial charge in [-0.2, -0.15) is 0 Å². The van der Waals surface area contributed by atoms with Gasteiger partial charge in [0.2, 0.25) is 0 Å². The smallest absolute Gasteiger partial charge is 0.0891 e. The summed E-state index contributed by atoms with van der Waals surface area (Å²) in [6, 6.07) is 27.2. The van der Waals surface area contributed by atoms with Crippen molar-refractivity contribution in [1.82, 2.24) is 0 Å². The van der Waals surface area contributed by atoms with Crippen molar-refractivity contribution in [3.8, 4) is 0 Å². The van der Waals surface area contributed by atoms with E-state index in [1.54, 1.807) is 0 Å². The number of aliphatic hydroxyl groups is 1. The summed E-state index contributed by atoms with van der Waals surface area (Å²) in [5.74, 6) is 0. The fraction of sp³-hybridized carbons (Fsp3) is 0.250. The number of hydrogen-bond acceptors (Lipinski definition) is 2. The van der Waals surface area contributed by atoms with E-state index in [2.05, 4.69) is 72.5 Å². The van der Waals surface area contributed by atoms with Crippen LogP contribution >= 0.6 is 0 Å². The lowest BCUT2D eigenvalue weighted by Gasteiger charge is -2.28. The van der Waals surface area contributed by atoms with Gasteiger partial charge in [-0.15, -0.1) is 0 Å². The first kappa shape index (κ1) is 18.2. The quantitative estimate of drug-likeness (QED) is 0.553. The SMILES string of the molecule is CCC(O)(CC)c1ccc(N(c2ccccc2)c2ccc(C)cc2)cc1. The van der Waals surface area contributed by atoms with Gasteiger partial charge in [-0.05, 0) is 61.7 Å². The Morgan fingerprint density at radius 1 is 0.692 bits per heavy atom. The van der Waals surface area contributed by atoms with Gasteiger partial charge in [0.25, 0.3) is 0 Å². The predicted octanol–water partition coefficient (Wildman–Crippen LogP) is 6.47. The lowest BCUT2D eigenvalue weighted by molar-refractivity contribution is 0.0284. The highest BCUT2D eigenvalue weighted by molar-refractivity contribution is 5.76. The Labute approximate surface area is 156 Å². The molecule has 0 aliphatic carbocycles. The zero-order valence-electron chi connectivity index (χ0n) is 15.8. The second-order valence-electron chi connectivity index (χ2n) is 6.79. The molecule has 0 atom stereocenters. The minimum absolute atomic E-state index is 0.712. The number of para-hydroxylation sites is 1. The van der Waals surface area contributed by atoms with E-state index < -0.39 is 5.60 Å². The summed E-state index contributed by atoms with van der Waals surface area (Å²) in [6.45, 7) is 6.15. The third-order valence-corrected chi connectivity index (χ3v) is 5.14. The first-order valence-electron chi connectivity index (χ1n) is 9.32. The molecular weight excluding hydrogens is 318 g/mol. The molecule has 134 valence electrons. The third-order valence-electron chi connectivity index (χ3n) is 5.14. The molecule has 1 N–H and O–H groups in total. The normalized spacial score (nSPS) is 11.4. The zero-order valence-corrected chi connectivity index (χ0v) is 15.8. The molecule has 3 aromatic carbocycles. The van der Waals surface area contributed by atoms with Gasteiger partial charge >= 0.3 is 0 Å². The summed E-state index contributed by atoms with van der Waals surface area (Å²) in [4.78, 5) is 2.24. The molecule has 0 aliphatic rings. The van der Waals surface area contributed by atoms with Crippen molar-refractivity contribution in [1.29, 1.82) is 0 Å². The van der Waals surface area contributed by atoms with Crippen molar-refractivity contribution >= 4 is 17.1 Å². The molecule has 2 nitrogen and oxygen atoms in total. The molecule has 0 fully saturated rings. The van der Waals surface area contributed by atoms with E-state index in [0.717, 1.165) is 22.6 Å². The van der Waals surface area contributed by atoms with Gasteiger partial charge in [-0.1, -0.05) is 61.9 Å². The monoisotopic (exact) mass is 345 g/mol. The second kappa shape index (κ2) is 7.76. The van der Waals surface area contributed by atoms with Crippen molar-refractivity contribution in [2.75, 3.05) is 4.90 Å². The second-order valence-corrected chi connectivity index (χ2v) is 6.79. The average Bonchev–Trinajstić information content (AvgIpc) is 2.70. The van der Waals surface area contributed by atoms with Gasteiger partial charge in [0.15, 0.2) is 0 Å². The van der Waals surface area contributed by atoms with Crippen molar-refractivity contribution in [2.45, 2.75) is 39.2 Å². The van der Waals surface area contributed by atoms with E-state index in [0.29, 0.717) is 12.8 Å². The van der Waals surface area contributed by atoms with Gasteiger partial charge in [0.1, 0.15) is 0 Å². The Balaban J connectivity index is 2.04. The summed E-state index contributed by atoms with van der Waals surface area (Å²) in [7, 11) is 0. The van der Waals surface area contributed by atoms with Gasteiger partial charge in [0, 0.05) is 17.1 Å². The predicted molar refractivity (Wildman–Crippen MR) is 110 cm³/mol. The molecule has 0 saturated heterocycles. The molecule has 0 saturated carbocycles. The van der Waals surface area contributed by atoms with Crippen LogP contribution in [0.2, 0.25) is 0 Å². The minimum Gasteiger partial charge on any atom is -0.385 e. The maximum atomic E-state index is 10.8. The molecule has 3 rings (SSSR count). The molecule has 0 unspecified atom stereocenters. The van der Waals surface area contributed by atoms with Crippen LogP contribution in [0, 0.1) is 6.92 Å². The van der Waals surface area contributed by atoms with E-state index in [4.69, 9.17) is 0 Å². The Hall–Kier alpha value is -2.58. The van der Waals surface area contributed by atoms with E-state index in [9.17, 15) is 5.11 Å². The maximum Gasteiger partial charge on any atom is 0.0891 e. The zero-order chi connectivity index (χ0) is 18.6. The van der Waals surface area contributed by atoms with Crippen LogP contribution in [0.5, 0.6) is 0 Å². The van der Waals surface area contributed by atoms with Gasteiger partial charge in [-0.3, -0.25) is 0 Å². The van der Waals surface area contributed by atoms with Crippen molar-refractivity contribution in [2.24, 2.45) is 0 Å². The molecule has 0 heterocycles. The van der Waals surface area contributed by atoms with Crippen LogP contribution in [-0.2, 0) is 5.60 Å². The lowest BCUT2D eigenvalue weighted by Crippen LogP contribution is -2.23. The maximum absolute atomic E-state index is 10.8. The molecule has 3 aromatic rings. The largest absolute Gasteiger partial charge is 0.385 e. The number of rotatable bonds is 6. The molecule has 0 radical (unpaired) electrons. The summed E-state index contributed by atoms with van der Waals surface area (Å²) in [6.07, 6.45) is 1.42. The highest BCUT2D eigenvalue weighted by Gasteiger charge is 2.24. The van der Waals surface area contributed by atoms with Crippen LogP contribution in [0.15, 0.2) is 78.9 Å². The summed E-state index contributed by atoms with van der Waals surface area (Å²) >= 11 is 0. The number of hydrogen-bond donors (Lipinski definition) is 1. The Kier molecular flexibility index (Phi) is 5.43. The molecule has 0 amide bonds. The summed E-state index contributed by atoms with van der Waals surface area (Å²) < 4.78 is 0. The van der Waals surface area contributed by atoms with E-state index >= 15 is 0 Å². The van der Waals surface area contributed by atoms with Crippen LogP contribution < -0.4 is 4.90 Å². The van der Waals surface area contributed by atoms with Crippen molar-refractivity contribution < 1.29 is 5.11 Å².